The van der Waals surface area contributed by atoms with Gasteiger partial charge in [-0.05, 0) is 23.1 Å². The first-order valence-corrected chi connectivity index (χ1v) is 14.3. The van der Waals surface area contributed by atoms with Crippen LogP contribution in [0.2, 0.25) is 13.1 Å². The van der Waals surface area contributed by atoms with E-state index in [0.29, 0.717) is 6.42 Å². The van der Waals surface area contributed by atoms with Crippen molar-refractivity contribution in [2.45, 2.75) is 31.0 Å². The van der Waals surface area contributed by atoms with Crippen LogP contribution in [0.3, 0.4) is 0 Å². The van der Waals surface area contributed by atoms with E-state index in [2.05, 4.69) is 49.5 Å². The van der Waals surface area contributed by atoms with Crippen molar-refractivity contribution < 1.29 is 19.1 Å². The van der Waals surface area contributed by atoms with Gasteiger partial charge in [-0.15, -0.1) is 0 Å². The number of hydrogen-bond acceptors (Lipinski definition) is 4. The average Bonchev–Trinajstić information content (AvgIpc) is 2.87. The van der Waals surface area contributed by atoms with Crippen LogP contribution in [0.5, 0.6) is 0 Å². The van der Waals surface area contributed by atoms with Gasteiger partial charge in [-0.25, -0.2) is 0 Å². The van der Waals surface area contributed by atoms with Gasteiger partial charge in [0.25, 0.3) is 0 Å². The summed E-state index contributed by atoms with van der Waals surface area (Å²) in [6, 6.07) is 30.7. The van der Waals surface area contributed by atoms with Crippen LogP contribution < -0.4 is 5.19 Å². The predicted octanol–water partition coefficient (Wildman–Crippen LogP) is 5.06. The number of rotatable bonds is 9. The summed E-state index contributed by atoms with van der Waals surface area (Å²) in [5, 5.41) is 1.33. The van der Waals surface area contributed by atoms with Crippen molar-refractivity contribution in [1.82, 2.24) is 0 Å². The summed E-state index contributed by atoms with van der Waals surface area (Å²) in [5.41, 5.74) is 2.30. The van der Waals surface area contributed by atoms with Crippen LogP contribution >= 0.6 is 0 Å². The second-order valence-electron chi connectivity index (χ2n) is 8.83. The average molecular weight is 461 g/mol. The van der Waals surface area contributed by atoms with Crippen LogP contribution in [-0.4, -0.2) is 34.2 Å². The zero-order valence-corrected chi connectivity index (χ0v) is 20.7. The highest BCUT2D eigenvalue weighted by atomic mass is 28.3. The van der Waals surface area contributed by atoms with Crippen molar-refractivity contribution in [3.63, 3.8) is 0 Å². The Morgan fingerprint density at radius 3 is 1.58 bits per heavy atom. The predicted molar refractivity (Wildman–Crippen MR) is 134 cm³/mol. The molecule has 172 valence electrons. The molecule has 0 spiro atoms. The van der Waals surface area contributed by atoms with Gasteiger partial charge in [0.1, 0.15) is 0 Å². The minimum absolute atomic E-state index is 0.156. The first-order chi connectivity index (χ1) is 15.9. The van der Waals surface area contributed by atoms with Gasteiger partial charge in [-0.1, -0.05) is 109 Å². The van der Waals surface area contributed by atoms with Gasteiger partial charge >= 0.3 is 11.9 Å². The molecule has 5 heteroatoms. The topological polar surface area (TPSA) is 52.6 Å². The highest BCUT2D eigenvalue weighted by Crippen LogP contribution is 2.40. The molecule has 0 radical (unpaired) electrons. The van der Waals surface area contributed by atoms with E-state index in [1.54, 1.807) is 0 Å². The molecule has 0 aliphatic rings. The van der Waals surface area contributed by atoms with E-state index in [1.807, 2.05) is 54.6 Å². The van der Waals surface area contributed by atoms with Gasteiger partial charge < -0.3 is 9.47 Å². The number of carbonyl (C=O) groups excluding carboxylic acids is 2. The summed E-state index contributed by atoms with van der Waals surface area (Å²) in [5.74, 6) is -2.55. The summed E-state index contributed by atoms with van der Waals surface area (Å²) in [6.07, 6.45) is 0.622. The maximum atomic E-state index is 12.9. The van der Waals surface area contributed by atoms with Gasteiger partial charge in [0.15, 0.2) is 5.92 Å². The Morgan fingerprint density at radius 2 is 1.12 bits per heavy atom. The van der Waals surface area contributed by atoms with Crippen LogP contribution in [0.15, 0.2) is 91.0 Å². The van der Waals surface area contributed by atoms with E-state index in [4.69, 9.17) is 9.47 Å². The first-order valence-electron chi connectivity index (χ1n) is 11.2. The Morgan fingerprint density at radius 1 is 0.697 bits per heavy atom. The van der Waals surface area contributed by atoms with E-state index in [-0.39, 0.29) is 11.5 Å². The fourth-order valence-corrected chi connectivity index (χ4v) is 8.02. The number of ether oxygens (including phenoxy) is 2. The van der Waals surface area contributed by atoms with E-state index < -0.39 is 25.9 Å². The van der Waals surface area contributed by atoms with Crippen LogP contribution in [0.1, 0.15) is 29.0 Å². The highest BCUT2D eigenvalue weighted by Gasteiger charge is 2.43. The maximum Gasteiger partial charge on any atom is 0.320 e. The molecule has 0 fully saturated rings. The lowest BCUT2D eigenvalue weighted by Crippen LogP contribution is -2.49. The van der Waals surface area contributed by atoms with Crippen molar-refractivity contribution in [2.24, 2.45) is 5.92 Å². The molecule has 0 unspecified atom stereocenters. The molecule has 0 aromatic heterocycles. The Balaban J connectivity index is 2.15. The van der Waals surface area contributed by atoms with E-state index in [1.165, 1.54) is 25.0 Å². The molecule has 33 heavy (non-hydrogen) atoms. The van der Waals surface area contributed by atoms with Crippen LogP contribution in [0.4, 0.5) is 0 Å². The molecule has 0 saturated heterocycles. The van der Waals surface area contributed by atoms with E-state index in [9.17, 15) is 9.59 Å². The van der Waals surface area contributed by atoms with Crippen molar-refractivity contribution >= 4 is 25.2 Å². The fourth-order valence-electron chi connectivity index (χ4n) is 4.70. The third kappa shape index (κ3) is 5.60. The molecular weight excluding hydrogens is 428 g/mol. The maximum absolute atomic E-state index is 12.9. The normalized spacial score (nSPS) is 13.2. The molecule has 0 aliphatic carbocycles. The monoisotopic (exact) mass is 460 g/mol. The van der Waals surface area contributed by atoms with E-state index >= 15 is 0 Å². The van der Waals surface area contributed by atoms with Gasteiger partial charge in [0.05, 0.1) is 22.3 Å². The molecule has 0 amide bonds. The summed E-state index contributed by atoms with van der Waals surface area (Å²) >= 11 is 0. The largest absolute Gasteiger partial charge is 0.468 e. The van der Waals surface area contributed by atoms with Crippen molar-refractivity contribution in [3.8, 4) is 0 Å². The third-order valence-electron chi connectivity index (χ3n) is 6.62. The molecule has 3 aromatic rings. The van der Waals surface area contributed by atoms with E-state index in [0.717, 1.165) is 5.56 Å². The fraction of sp³-hybridized carbons (Fsp3) is 0.286. The van der Waals surface area contributed by atoms with Crippen LogP contribution in [-0.2, 0) is 19.1 Å². The molecule has 0 aliphatic heterocycles. The van der Waals surface area contributed by atoms with Gasteiger partial charge in [0.2, 0.25) is 0 Å². The number of benzene rings is 3. The third-order valence-corrected chi connectivity index (χ3v) is 10.8. The minimum atomic E-state index is -2.09. The Kier molecular flexibility index (Phi) is 8.23. The molecule has 0 N–H and O–H groups in total. The molecule has 0 saturated carbocycles. The molecule has 0 bridgehead atoms. The second kappa shape index (κ2) is 11.1. The molecule has 4 nitrogen and oxygen atoms in total. The smallest absolute Gasteiger partial charge is 0.320 e. The van der Waals surface area contributed by atoms with Crippen molar-refractivity contribution in [1.29, 1.82) is 0 Å². The van der Waals surface area contributed by atoms with Gasteiger partial charge in [-0.2, -0.15) is 0 Å². The standard InChI is InChI=1S/C28H32O4Si/c1-31-27(29)26(28(30)32-2)24(21-14-8-5-9-15-21)20-25(22-16-10-6-11-17-22)33(3,4)23-18-12-7-13-19-23/h5-19,24-26H,20H2,1-4H3/t24-,25+/m0/s1. The number of esters is 2. The van der Waals surface area contributed by atoms with Crippen molar-refractivity contribution in [3.05, 3.63) is 102 Å². The lowest BCUT2D eigenvalue weighted by atomic mass is 9.81. The molecule has 2 atom stereocenters. The van der Waals surface area contributed by atoms with Gasteiger partial charge in [0, 0.05) is 5.92 Å². The Hall–Kier alpha value is -3.18. The zero-order valence-electron chi connectivity index (χ0n) is 19.7. The van der Waals surface area contributed by atoms with Crippen LogP contribution in [0, 0.1) is 5.92 Å². The zero-order chi connectivity index (χ0) is 23.8. The molecule has 0 heterocycles. The summed E-state index contributed by atoms with van der Waals surface area (Å²) in [7, 11) is 0.549. The second-order valence-corrected chi connectivity index (χ2v) is 13.5. The lowest BCUT2D eigenvalue weighted by Gasteiger charge is -2.37. The SMILES string of the molecule is COC(=O)C(C(=O)OC)[C@@H](C[C@H](c1ccccc1)[Si](C)(C)c1ccccc1)c1ccccc1. The Bertz CT molecular complexity index is 1020. The molecular formula is C28H32O4Si. The number of hydrogen-bond donors (Lipinski definition) is 0. The van der Waals surface area contributed by atoms with Gasteiger partial charge in [-0.3, -0.25) is 9.59 Å². The minimum Gasteiger partial charge on any atom is -0.468 e. The first kappa shape index (κ1) is 24.5. The molecule has 3 rings (SSSR count). The number of carbonyl (C=O) groups is 2. The Labute approximate surface area is 197 Å². The van der Waals surface area contributed by atoms with Crippen molar-refractivity contribution in [2.75, 3.05) is 14.2 Å². The summed E-state index contributed by atoms with van der Waals surface area (Å²) in [4.78, 5) is 25.7. The molecule has 3 aromatic carbocycles. The quantitative estimate of drug-likeness (QED) is 0.254. The lowest BCUT2D eigenvalue weighted by molar-refractivity contribution is -0.160. The number of methoxy groups -OCH3 is 2. The summed E-state index contributed by atoms with van der Waals surface area (Å²) in [6.45, 7) is 4.71. The van der Waals surface area contributed by atoms with Crippen LogP contribution in [0.25, 0.3) is 0 Å². The summed E-state index contributed by atoms with van der Waals surface area (Å²) < 4.78 is 10.1. The highest BCUT2D eigenvalue weighted by molar-refractivity contribution is 6.90.